The molecular formula is C17H11BrN2. The van der Waals surface area contributed by atoms with E-state index in [4.69, 9.17) is 0 Å². The van der Waals surface area contributed by atoms with Crippen LogP contribution in [0.25, 0.3) is 27.5 Å². The quantitative estimate of drug-likeness (QED) is 0.485. The summed E-state index contributed by atoms with van der Waals surface area (Å²) >= 11 is 3.56. The maximum atomic E-state index is 4.55. The molecule has 0 saturated carbocycles. The van der Waals surface area contributed by atoms with Crippen LogP contribution in [0.4, 0.5) is 0 Å². The first-order valence-corrected chi connectivity index (χ1v) is 7.24. The zero-order valence-electron chi connectivity index (χ0n) is 10.6. The van der Waals surface area contributed by atoms with Crippen LogP contribution < -0.4 is 0 Å². The summed E-state index contributed by atoms with van der Waals surface area (Å²) in [4.78, 5) is 4.55. The first-order valence-electron chi connectivity index (χ1n) is 6.45. The summed E-state index contributed by atoms with van der Waals surface area (Å²) in [5.41, 5.74) is 3.21. The Morgan fingerprint density at radius 1 is 0.800 bits per heavy atom. The van der Waals surface area contributed by atoms with Crippen molar-refractivity contribution >= 4 is 37.7 Å². The minimum Gasteiger partial charge on any atom is -0.287 e. The Bertz CT molecular complexity index is 924. The van der Waals surface area contributed by atoms with Crippen molar-refractivity contribution in [2.45, 2.75) is 0 Å². The zero-order valence-corrected chi connectivity index (χ0v) is 12.2. The Balaban J connectivity index is 2.03. The van der Waals surface area contributed by atoms with E-state index in [-0.39, 0.29) is 0 Å². The SMILES string of the molecule is Brc1nc2ccccc2n1-c1ccc2ccccc2c1. The van der Waals surface area contributed by atoms with Gasteiger partial charge in [-0.1, -0.05) is 42.5 Å². The van der Waals surface area contributed by atoms with Gasteiger partial charge in [-0.3, -0.25) is 4.57 Å². The van der Waals surface area contributed by atoms with Gasteiger partial charge in [-0.05, 0) is 51.0 Å². The first kappa shape index (κ1) is 11.7. The zero-order chi connectivity index (χ0) is 13.5. The molecule has 0 aliphatic heterocycles. The van der Waals surface area contributed by atoms with Gasteiger partial charge in [0, 0.05) is 5.69 Å². The Kier molecular flexibility index (Phi) is 2.60. The van der Waals surface area contributed by atoms with Gasteiger partial charge in [-0.25, -0.2) is 4.98 Å². The molecule has 20 heavy (non-hydrogen) atoms. The van der Waals surface area contributed by atoms with Gasteiger partial charge in [0.1, 0.15) is 0 Å². The van der Waals surface area contributed by atoms with Crippen molar-refractivity contribution in [3.8, 4) is 5.69 Å². The van der Waals surface area contributed by atoms with Crippen LogP contribution in [0.15, 0.2) is 71.5 Å². The molecule has 2 nitrogen and oxygen atoms in total. The van der Waals surface area contributed by atoms with Crippen LogP contribution in [0.1, 0.15) is 0 Å². The summed E-state index contributed by atoms with van der Waals surface area (Å²) < 4.78 is 2.95. The second kappa shape index (κ2) is 4.46. The van der Waals surface area contributed by atoms with E-state index < -0.39 is 0 Å². The van der Waals surface area contributed by atoms with Crippen LogP contribution >= 0.6 is 15.9 Å². The molecule has 4 rings (SSSR count). The second-order valence-corrected chi connectivity index (χ2v) is 5.45. The van der Waals surface area contributed by atoms with Crippen LogP contribution in [0.2, 0.25) is 0 Å². The average Bonchev–Trinajstić information content (AvgIpc) is 2.82. The molecule has 4 aromatic rings. The van der Waals surface area contributed by atoms with E-state index in [0.717, 1.165) is 21.5 Å². The number of rotatable bonds is 1. The highest BCUT2D eigenvalue weighted by Crippen LogP contribution is 2.26. The van der Waals surface area contributed by atoms with Crippen molar-refractivity contribution in [1.82, 2.24) is 9.55 Å². The Hall–Kier alpha value is -2.13. The van der Waals surface area contributed by atoms with Crippen molar-refractivity contribution in [3.05, 3.63) is 71.5 Å². The normalized spacial score (nSPS) is 11.2. The predicted octanol–water partition coefficient (Wildman–Crippen LogP) is 4.94. The van der Waals surface area contributed by atoms with E-state index in [9.17, 15) is 0 Å². The van der Waals surface area contributed by atoms with Gasteiger partial charge in [0.2, 0.25) is 0 Å². The molecule has 3 aromatic carbocycles. The molecule has 0 atom stereocenters. The molecule has 0 aliphatic carbocycles. The molecule has 3 heteroatoms. The number of fused-ring (bicyclic) bond motifs is 2. The molecule has 0 unspecified atom stereocenters. The second-order valence-electron chi connectivity index (χ2n) is 4.74. The Morgan fingerprint density at radius 3 is 2.45 bits per heavy atom. The number of aromatic nitrogens is 2. The fraction of sp³-hybridized carbons (Fsp3) is 0. The summed E-state index contributed by atoms with van der Waals surface area (Å²) in [7, 11) is 0. The van der Waals surface area contributed by atoms with Gasteiger partial charge in [0.15, 0.2) is 4.73 Å². The highest BCUT2D eigenvalue weighted by molar-refractivity contribution is 9.10. The molecule has 0 aliphatic rings. The summed E-state index contributed by atoms with van der Waals surface area (Å²) in [6.07, 6.45) is 0. The number of hydrogen-bond acceptors (Lipinski definition) is 1. The van der Waals surface area contributed by atoms with Crippen molar-refractivity contribution < 1.29 is 0 Å². The summed E-state index contributed by atoms with van der Waals surface area (Å²) in [5.74, 6) is 0. The Labute approximate surface area is 124 Å². The standard InChI is InChI=1S/C17H11BrN2/c18-17-19-15-7-3-4-8-16(15)20(17)14-10-9-12-5-1-2-6-13(12)11-14/h1-11H. The number of imidazole rings is 1. The van der Waals surface area contributed by atoms with Crippen molar-refractivity contribution in [2.24, 2.45) is 0 Å². The molecule has 0 radical (unpaired) electrons. The minimum absolute atomic E-state index is 0.828. The highest BCUT2D eigenvalue weighted by Gasteiger charge is 2.09. The topological polar surface area (TPSA) is 17.8 Å². The van der Waals surface area contributed by atoms with Gasteiger partial charge in [0.25, 0.3) is 0 Å². The molecule has 96 valence electrons. The van der Waals surface area contributed by atoms with Crippen molar-refractivity contribution in [1.29, 1.82) is 0 Å². The lowest BCUT2D eigenvalue weighted by atomic mass is 10.1. The summed E-state index contributed by atoms with van der Waals surface area (Å²) in [6, 6.07) is 23.0. The Morgan fingerprint density at radius 2 is 1.55 bits per heavy atom. The molecule has 0 saturated heterocycles. The van der Waals surface area contributed by atoms with E-state index in [2.05, 4.69) is 74.0 Å². The molecule has 0 amide bonds. The van der Waals surface area contributed by atoms with Crippen LogP contribution in [0.3, 0.4) is 0 Å². The fourth-order valence-electron chi connectivity index (χ4n) is 2.56. The third-order valence-corrected chi connectivity index (χ3v) is 4.04. The lowest BCUT2D eigenvalue weighted by Gasteiger charge is -2.07. The summed E-state index contributed by atoms with van der Waals surface area (Å²) in [5, 5.41) is 2.48. The number of hydrogen-bond donors (Lipinski definition) is 0. The highest BCUT2D eigenvalue weighted by atomic mass is 79.9. The monoisotopic (exact) mass is 322 g/mol. The predicted molar refractivity (Wildman–Crippen MR) is 86.3 cm³/mol. The molecular weight excluding hydrogens is 312 g/mol. The maximum absolute atomic E-state index is 4.55. The smallest absolute Gasteiger partial charge is 0.182 e. The van der Waals surface area contributed by atoms with Crippen LogP contribution in [-0.4, -0.2) is 9.55 Å². The van der Waals surface area contributed by atoms with Crippen molar-refractivity contribution in [2.75, 3.05) is 0 Å². The average molecular weight is 323 g/mol. The van der Waals surface area contributed by atoms with Gasteiger partial charge in [-0.15, -0.1) is 0 Å². The molecule has 0 bridgehead atoms. The van der Waals surface area contributed by atoms with E-state index in [1.165, 1.54) is 10.8 Å². The largest absolute Gasteiger partial charge is 0.287 e. The molecule has 0 fully saturated rings. The van der Waals surface area contributed by atoms with E-state index in [1.54, 1.807) is 0 Å². The van der Waals surface area contributed by atoms with Crippen LogP contribution in [-0.2, 0) is 0 Å². The molecule has 1 heterocycles. The molecule has 0 N–H and O–H groups in total. The molecule has 1 aromatic heterocycles. The van der Waals surface area contributed by atoms with Gasteiger partial charge >= 0.3 is 0 Å². The van der Waals surface area contributed by atoms with Gasteiger partial charge in [0.05, 0.1) is 11.0 Å². The van der Waals surface area contributed by atoms with Gasteiger partial charge < -0.3 is 0 Å². The van der Waals surface area contributed by atoms with E-state index in [0.29, 0.717) is 0 Å². The van der Waals surface area contributed by atoms with E-state index in [1.807, 2.05) is 18.2 Å². The van der Waals surface area contributed by atoms with E-state index >= 15 is 0 Å². The van der Waals surface area contributed by atoms with Crippen LogP contribution in [0, 0.1) is 0 Å². The maximum Gasteiger partial charge on any atom is 0.182 e. The van der Waals surface area contributed by atoms with Gasteiger partial charge in [-0.2, -0.15) is 0 Å². The summed E-state index contributed by atoms with van der Waals surface area (Å²) in [6.45, 7) is 0. The van der Waals surface area contributed by atoms with Crippen molar-refractivity contribution in [3.63, 3.8) is 0 Å². The number of halogens is 1. The number of benzene rings is 3. The van der Waals surface area contributed by atoms with Crippen LogP contribution in [0.5, 0.6) is 0 Å². The number of nitrogens with zero attached hydrogens (tertiary/aromatic N) is 2. The third-order valence-electron chi connectivity index (χ3n) is 3.51. The minimum atomic E-state index is 0.828. The fourth-order valence-corrected chi connectivity index (χ4v) is 3.14. The first-order chi connectivity index (χ1) is 9.83. The molecule has 0 spiro atoms. The lowest BCUT2D eigenvalue weighted by Crippen LogP contribution is -1.94. The lowest BCUT2D eigenvalue weighted by molar-refractivity contribution is 1.05. The number of para-hydroxylation sites is 2. The third kappa shape index (κ3) is 1.74.